The van der Waals surface area contributed by atoms with Crippen LogP contribution in [0.4, 0.5) is 23.0 Å². The van der Waals surface area contributed by atoms with E-state index in [1.165, 1.54) is 0 Å². The summed E-state index contributed by atoms with van der Waals surface area (Å²) in [6.07, 6.45) is 5.49. The first-order valence-corrected chi connectivity index (χ1v) is 13.3. The number of piperidine rings is 1. The van der Waals surface area contributed by atoms with Crippen LogP contribution in [0.1, 0.15) is 23.2 Å². The molecule has 0 spiro atoms. The number of nitrogen functional groups attached to an aromatic ring is 1. The summed E-state index contributed by atoms with van der Waals surface area (Å²) in [5, 5.41) is 10.3. The van der Waals surface area contributed by atoms with E-state index >= 15 is 0 Å². The minimum Gasteiger partial charge on any atom is -0.381 e. The summed E-state index contributed by atoms with van der Waals surface area (Å²) in [7, 11) is -0.654. The van der Waals surface area contributed by atoms with Crippen LogP contribution < -0.4 is 21.3 Å². The zero-order valence-electron chi connectivity index (χ0n) is 18.4. The molecule has 5 heterocycles. The summed E-state index contributed by atoms with van der Waals surface area (Å²) in [6.45, 7) is 4.67. The number of anilines is 4. The number of rotatable bonds is 4. The second kappa shape index (κ2) is 9.47. The average Bonchev–Trinajstić information content (AvgIpc) is 3.15. The van der Waals surface area contributed by atoms with Gasteiger partial charge in [0, 0.05) is 67.3 Å². The van der Waals surface area contributed by atoms with Crippen molar-refractivity contribution in [3.8, 4) is 0 Å². The highest BCUT2D eigenvalue weighted by molar-refractivity contribution is 7.85. The lowest BCUT2D eigenvalue weighted by atomic mass is 10.0. The SMILES string of the molecule is Nc1nn2c(c1C(=O)Nc1cnccc1N1CCC(N3CCS(=O)CC3)CC1)NCC(Cl)C2. The van der Waals surface area contributed by atoms with E-state index < -0.39 is 10.8 Å². The number of carbonyl (C=O) groups excluding carboxylic acids is 1. The number of alkyl halides is 1. The number of halogens is 1. The van der Waals surface area contributed by atoms with Crippen molar-refractivity contribution in [3.05, 3.63) is 24.0 Å². The molecule has 33 heavy (non-hydrogen) atoms. The molecule has 12 heteroatoms. The molecule has 0 bridgehead atoms. The molecule has 3 aliphatic rings. The number of fused-ring (bicyclic) bond motifs is 1. The smallest absolute Gasteiger partial charge is 0.263 e. The zero-order valence-corrected chi connectivity index (χ0v) is 19.9. The van der Waals surface area contributed by atoms with Crippen LogP contribution in [0.15, 0.2) is 18.5 Å². The van der Waals surface area contributed by atoms with Gasteiger partial charge in [-0.25, -0.2) is 4.68 Å². The van der Waals surface area contributed by atoms with Crippen molar-refractivity contribution in [1.29, 1.82) is 0 Å². The van der Waals surface area contributed by atoms with Gasteiger partial charge in [0.1, 0.15) is 11.4 Å². The number of pyridine rings is 1. The van der Waals surface area contributed by atoms with Crippen LogP contribution in [0, 0.1) is 0 Å². The number of carbonyl (C=O) groups is 1. The largest absolute Gasteiger partial charge is 0.381 e. The lowest BCUT2D eigenvalue weighted by Gasteiger charge is -2.41. The normalized spacial score (nSPS) is 22.6. The molecule has 0 aromatic carbocycles. The Hall–Kier alpha value is -2.37. The van der Waals surface area contributed by atoms with E-state index in [4.69, 9.17) is 17.3 Å². The third-order valence-electron chi connectivity index (χ3n) is 6.65. The minimum absolute atomic E-state index is 0.104. The molecular weight excluding hydrogens is 464 g/mol. The van der Waals surface area contributed by atoms with E-state index in [0.717, 1.165) is 56.2 Å². The van der Waals surface area contributed by atoms with Crippen LogP contribution in [-0.2, 0) is 17.3 Å². The van der Waals surface area contributed by atoms with Crippen molar-refractivity contribution >= 4 is 51.3 Å². The summed E-state index contributed by atoms with van der Waals surface area (Å²) in [5.41, 5.74) is 8.00. The lowest BCUT2D eigenvalue weighted by molar-refractivity contribution is 0.102. The quantitative estimate of drug-likeness (QED) is 0.544. The molecule has 2 saturated heterocycles. The van der Waals surface area contributed by atoms with Crippen molar-refractivity contribution < 1.29 is 9.00 Å². The van der Waals surface area contributed by atoms with Crippen molar-refractivity contribution in [2.75, 3.05) is 65.5 Å². The molecule has 0 radical (unpaired) electrons. The van der Waals surface area contributed by atoms with Gasteiger partial charge in [0.05, 0.1) is 29.5 Å². The Morgan fingerprint density at radius 1 is 1.24 bits per heavy atom. The van der Waals surface area contributed by atoms with Crippen molar-refractivity contribution in [2.45, 2.75) is 30.8 Å². The minimum atomic E-state index is -0.654. The number of nitrogens with one attached hydrogen (secondary N) is 2. The number of hydrogen-bond acceptors (Lipinski definition) is 8. The van der Waals surface area contributed by atoms with Gasteiger partial charge in [-0.1, -0.05) is 0 Å². The molecule has 1 amide bonds. The Kier molecular flexibility index (Phi) is 6.44. The molecule has 4 N–H and O–H groups in total. The van der Waals surface area contributed by atoms with Crippen LogP contribution >= 0.6 is 11.6 Å². The maximum absolute atomic E-state index is 13.2. The van der Waals surface area contributed by atoms with Crippen LogP contribution in [-0.4, -0.2) is 85.4 Å². The monoisotopic (exact) mass is 492 g/mol. The lowest BCUT2D eigenvalue weighted by Crippen LogP contribution is -2.49. The first-order valence-electron chi connectivity index (χ1n) is 11.3. The van der Waals surface area contributed by atoms with Crippen LogP contribution in [0.5, 0.6) is 0 Å². The van der Waals surface area contributed by atoms with E-state index in [0.29, 0.717) is 36.2 Å². The number of nitrogens with zero attached hydrogens (tertiary/aromatic N) is 5. The maximum atomic E-state index is 13.2. The molecule has 10 nitrogen and oxygen atoms in total. The van der Waals surface area contributed by atoms with E-state index in [1.54, 1.807) is 17.1 Å². The number of amides is 1. The van der Waals surface area contributed by atoms with Gasteiger partial charge in [-0.2, -0.15) is 5.10 Å². The molecule has 178 valence electrons. The molecule has 5 rings (SSSR count). The topological polar surface area (TPSA) is 121 Å². The van der Waals surface area contributed by atoms with Gasteiger partial charge in [-0.05, 0) is 18.9 Å². The molecule has 1 atom stereocenters. The summed E-state index contributed by atoms with van der Waals surface area (Å²) in [4.78, 5) is 22.2. The summed E-state index contributed by atoms with van der Waals surface area (Å²) >= 11 is 6.19. The third-order valence-corrected chi connectivity index (χ3v) is 8.22. The van der Waals surface area contributed by atoms with Crippen molar-refractivity contribution in [3.63, 3.8) is 0 Å². The van der Waals surface area contributed by atoms with Crippen molar-refractivity contribution in [1.82, 2.24) is 19.7 Å². The highest BCUT2D eigenvalue weighted by Crippen LogP contribution is 2.31. The van der Waals surface area contributed by atoms with Gasteiger partial charge in [-0.3, -0.25) is 18.9 Å². The van der Waals surface area contributed by atoms with E-state index in [1.807, 2.05) is 6.07 Å². The van der Waals surface area contributed by atoms with Gasteiger partial charge < -0.3 is 21.3 Å². The Morgan fingerprint density at radius 2 is 2.00 bits per heavy atom. The Bertz CT molecular complexity index is 1040. The maximum Gasteiger partial charge on any atom is 0.263 e. The average molecular weight is 493 g/mol. The van der Waals surface area contributed by atoms with Gasteiger partial charge in [-0.15, -0.1) is 11.6 Å². The molecule has 2 aromatic heterocycles. The summed E-state index contributed by atoms with van der Waals surface area (Å²) < 4.78 is 13.3. The second-order valence-electron chi connectivity index (χ2n) is 8.72. The molecule has 2 fully saturated rings. The fourth-order valence-corrected chi connectivity index (χ4v) is 6.20. The first-order chi connectivity index (χ1) is 16.0. The summed E-state index contributed by atoms with van der Waals surface area (Å²) in [5.74, 6) is 2.01. The van der Waals surface area contributed by atoms with E-state index in [9.17, 15) is 9.00 Å². The highest BCUT2D eigenvalue weighted by atomic mass is 35.5. The van der Waals surface area contributed by atoms with Crippen LogP contribution in [0.25, 0.3) is 0 Å². The molecular formula is C21H29ClN8O2S. The molecule has 0 aliphatic carbocycles. The number of hydrogen-bond donors (Lipinski definition) is 3. The van der Waals surface area contributed by atoms with Crippen molar-refractivity contribution in [2.24, 2.45) is 0 Å². The van der Waals surface area contributed by atoms with Crippen LogP contribution in [0.2, 0.25) is 0 Å². The zero-order chi connectivity index (χ0) is 22.9. The third kappa shape index (κ3) is 4.67. The highest BCUT2D eigenvalue weighted by Gasteiger charge is 2.30. The van der Waals surface area contributed by atoms with Gasteiger partial charge in [0.15, 0.2) is 5.82 Å². The fourth-order valence-electron chi connectivity index (χ4n) is 4.91. The number of nitrogens with two attached hydrogens (primary N) is 1. The van der Waals surface area contributed by atoms with Gasteiger partial charge in [0.25, 0.3) is 5.91 Å². The molecule has 1 unspecified atom stereocenters. The van der Waals surface area contributed by atoms with E-state index in [2.05, 4.69) is 30.5 Å². The second-order valence-corrected chi connectivity index (χ2v) is 11.0. The standard InChI is InChI=1S/C21H29ClN8O2S/c22-14-11-25-20-18(19(23)27-30(20)13-14)21(31)26-16-12-24-4-1-17(16)29-5-2-15(3-6-29)28-7-9-33(32)10-8-28/h1,4,12,14-15,25H,2-3,5-11,13H2,(H2,23,27)(H,26,31). The Morgan fingerprint density at radius 3 is 2.76 bits per heavy atom. The number of aromatic nitrogens is 3. The van der Waals surface area contributed by atoms with Crippen LogP contribution in [0.3, 0.4) is 0 Å². The van der Waals surface area contributed by atoms with Gasteiger partial charge >= 0.3 is 0 Å². The molecule has 0 saturated carbocycles. The predicted octanol–water partition coefficient (Wildman–Crippen LogP) is 1.18. The predicted molar refractivity (Wildman–Crippen MR) is 132 cm³/mol. The molecule has 2 aromatic rings. The summed E-state index contributed by atoms with van der Waals surface area (Å²) in [6, 6.07) is 2.46. The van der Waals surface area contributed by atoms with Gasteiger partial charge in [0.2, 0.25) is 0 Å². The molecule has 3 aliphatic heterocycles. The Balaban J connectivity index is 1.28. The van der Waals surface area contributed by atoms with E-state index in [-0.39, 0.29) is 17.1 Å². The fraction of sp³-hybridized carbons (Fsp3) is 0.571. The first kappa shape index (κ1) is 22.4. The Labute approximate surface area is 200 Å².